The van der Waals surface area contributed by atoms with E-state index in [1.54, 1.807) is 0 Å². The molecule has 0 fully saturated rings. The van der Waals surface area contributed by atoms with Crippen LogP contribution in [0.1, 0.15) is 0 Å². The third-order valence-electron chi connectivity index (χ3n) is 3.54. The van der Waals surface area contributed by atoms with Crippen molar-refractivity contribution in [1.82, 2.24) is 0 Å². The summed E-state index contributed by atoms with van der Waals surface area (Å²) in [4.78, 5) is 0. The molecule has 1 aliphatic heterocycles. The molecule has 2 nitrogen and oxygen atoms in total. The maximum atomic E-state index is 5.88. The smallest absolute Gasteiger partial charge is 0.150 e. The first-order chi connectivity index (χ1) is 8.95. The van der Waals surface area contributed by atoms with Crippen molar-refractivity contribution in [1.29, 1.82) is 0 Å². The lowest BCUT2D eigenvalue weighted by Gasteiger charge is -2.23. The molecule has 1 heterocycles. The molecule has 0 aromatic heterocycles. The largest absolute Gasteiger partial charge is 0.489 e. The van der Waals surface area contributed by atoms with Crippen LogP contribution in [0.2, 0.25) is 0 Å². The zero-order valence-corrected chi connectivity index (χ0v) is 9.94. The number of hydrogen-bond acceptors (Lipinski definition) is 2. The van der Waals surface area contributed by atoms with Crippen LogP contribution >= 0.6 is 0 Å². The quantitative estimate of drug-likeness (QED) is 0.598. The van der Waals surface area contributed by atoms with Crippen LogP contribution in [0.3, 0.4) is 0 Å². The molecule has 2 heteroatoms. The summed E-state index contributed by atoms with van der Waals surface area (Å²) < 4.78 is 5.88. The topological polar surface area (TPSA) is 21.3 Å². The van der Waals surface area contributed by atoms with Crippen molar-refractivity contribution < 1.29 is 4.74 Å². The molecule has 0 saturated carbocycles. The minimum absolute atomic E-state index is 0.731. The third-order valence-corrected chi connectivity index (χ3v) is 3.54. The molecule has 0 aliphatic carbocycles. The summed E-state index contributed by atoms with van der Waals surface area (Å²) in [6, 6.07) is 16.9. The molecule has 0 saturated heterocycles. The molecule has 0 bridgehead atoms. The van der Waals surface area contributed by atoms with E-state index in [0.29, 0.717) is 0 Å². The summed E-state index contributed by atoms with van der Waals surface area (Å²) in [5.41, 5.74) is 1.13. The molecule has 4 rings (SSSR count). The van der Waals surface area contributed by atoms with Gasteiger partial charge in [-0.1, -0.05) is 48.5 Å². The average Bonchev–Trinajstić information content (AvgIpc) is 2.48. The van der Waals surface area contributed by atoms with Gasteiger partial charge in [-0.15, -0.1) is 0 Å². The van der Waals surface area contributed by atoms with E-state index in [-0.39, 0.29) is 0 Å². The van der Waals surface area contributed by atoms with Crippen LogP contribution in [-0.2, 0) is 0 Å². The predicted octanol–water partition coefficient (Wildman–Crippen LogP) is 3.80. The molecule has 1 N–H and O–H groups in total. The molecule has 88 valence electrons. The molecule has 0 amide bonds. The van der Waals surface area contributed by atoms with E-state index in [9.17, 15) is 0 Å². The van der Waals surface area contributed by atoms with Gasteiger partial charge in [0.15, 0.2) is 5.75 Å². The van der Waals surface area contributed by atoms with Gasteiger partial charge in [0.05, 0.1) is 5.69 Å². The minimum Gasteiger partial charge on any atom is -0.489 e. The lowest BCUT2D eigenvalue weighted by atomic mass is 9.98. The second-order valence-corrected chi connectivity index (χ2v) is 4.57. The molecule has 0 atom stereocenters. The Labute approximate surface area is 105 Å². The first-order valence-corrected chi connectivity index (χ1v) is 6.25. The molecule has 3 aromatic carbocycles. The van der Waals surface area contributed by atoms with Crippen LogP contribution < -0.4 is 10.1 Å². The SMILES string of the molecule is c1ccc2c(c1)c1c(c3ccccc32)OCCN1. The molecule has 0 spiro atoms. The van der Waals surface area contributed by atoms with Crippen molar-refractivity contribution >= 4 is 27.2 Å². The highest BCUT2D eigenvalue weighted by atomic mass is 16.5. The van der Waals surface area contributed by atoms with E-state index >= 15 is 0 Å². The summed E-state index contributed by atoms with van der Waals surface area (Å²) in [5, 5.41) is 8.45. The number of benzene rings is 3. The van der Waals surface area contributed by atoms with Gasteiger partial charge in [0.2, 0.25) is 0 Å². The zero-order chi connectivity index (χ0) is 11.9. The van der Waals surface area contributed by atoms with Crippen molar-refractivity contribution in [2.75, 3.05) is 18.5 Å². The van der Waals surface area contributed by atoms with Gasteiger partial charge in [0.25, 0.3) is 0 Å². The van der Waals surface area contributed by atoms with Crippen molar-refractivity contribution in [2.45, 2.75) is 0 Å². The molecular weight excluding hydrogens is 222 g/mol. The van der Waals surface area contributed by atoms with Gasteiger partial charge < -0.3 is 10.1 Å². The highest BCUT2D eigenvalue weighted by Crippen LogP contribution is 2.42. The summed E-state index contributed by atoms with van der Waals surface area (Å²) in [6.45, 7) is 1.60. The van der Waals surface area contributed by atoms with Crippen LogP contribution in [0.4, 0.5) is 5.69 Å². The third kappa shape index (κ3) is 1.23. The second-order valence-electron chi connectivity index (χ2n) is 4.57. The van der Waals surface area contributed by atoms with Crippen LogP contribution in [0.25, 0.3) is 21.5 Å². The Balaban J connectivity index is 2.28. The van der Waals surface area contributed by atoms with Crippen molar-refractivity contribution in [3.8, 4) is 5.75 Å². The standard InChI is InChI=1S/C16H13NO/c1-3-7-13-11(5-1)12-6-2-4-8-14(12)16-15(13)17-9-10-18-16/h1-8,17H,9-10H2. The molecule has 0 radical (unpaired) electrons. The number of nitrogens with one attached hydrogen (secondary N) is 1. The molecule has 1 aliphatic rings. The molecule has 18 heavy (non-hydrogen) atoms. The van der Waals surface area contributed by atoms with Crippen LogP contribution in [0.15, 0.2) is 48.5 Å². The van der Waals surface area contributed by atoms with E-state index < -0.39 is 0 Å². The number of fused-ring (bicyclic) bond motifs is 6. The number of ether oxygens (including phenoxy) is 1. The Morgan fingerprint density at radius 1 is 0.778 bits per heavy atom. The minimum atomic E-state index is 0.731. The van der Waals surface area contributed by atoms with Crippen LogP contribution in [0.5, 0.6) is 5.75 Å². The molecule has 0 unspecified atom stereocenters. The summed E-state index contributed by atoms with van der Waals surface area (Å²) in [6.07, 6.45) is 0. The van der Waals surface area contributed by atoms with Crippen LogP contribution in [-0.4, -0.2) is 13.2 Å². The Morgan fingerprint density at radius 3 is 2.17 bits per heavy atom. The number of anilines is 1. The second kappa shape index (κ2) is 3.64. The highest BCUT2D eigenvalue weighted by molar-refractivity contribution is 6.16. The maximum Gasteiger partial charge on any atom is 0.150 e. The Morgan fingerprint density at radius 2 is 1.39 bits per heavy atom. The zero-order valence-electron chi connectivity index (χ0n) is 9.94. The Bertz CT molecular complexity index is 684. The van der Waals surface area contributed by atoms with Gasteiger partial charge in [-0.25, -0.2) is 0 Å². The van der Waals surface area contributed by atoms with E-state index in [1.165, 1.54) is 21.5 Å². The van der Waals surface area contributed by atoms with Gasteiger partial charge in [-0.05, 0) is 10.8 Å². The fraction of sp³-hybridized carbons (Fsp3) is 0.125. The summed E-state index contributed by atoms with van der Waals surface area (Å²) in [7, 11) is 0. The first kappa shape index (κ1) is 9.77. The Hall–Kier alpha value is -2.22. The van der Waals surface area contributed by atoms with Gasteiger partial charge in [-0.3, -0.25) is 0 Å². The van der Waals surface area contributed by atoms with Crippen molar-refractivity contribution in [3.05, 3.63) is 48.5 Å². The van der Waals surface area contributed by atoms with Gasteiger partial charge >= 0.3 is 0 Å². The van der Waals surface area contributed by atoms with Crippen LogP contribution in [0, 0.1) is 0 Å². The average molecular weight is 235 g/mol. The fourth-order valence-corrected chi connectivity index (χ4v) is 2.76. The van der Waals surface area contributed by atoms with E-state index in [1.807, 2.05) is 0 Å². The van der Waals surface area contributed by atoms with E-state index in [0.717, 1.165) is 24.6 Å². The summed E-state index contributed by atoms with van der Waals surface area (Å²) in [5.74, 6) is 0.996. The van der Waals surface area contributed by atoms with Gasteiger partial charge in [-0.2, -0.15) is 0 Å². The lowest BCUT2D eigenvalue weighted by Crippen LogP contribution is -2.18. The fourth-order valence-electron chi connectivity index (χ4n) is 2.76. The molecule has 3 aromatic rings. The normalized spacial score (nSPS) is 14.0. The number of hydrogen-bond donors (Lipinski definition) is 1. The highest BCUT2D eigenvalue weighted by Gasteiger charge is 2.17. The van der Waals surface area contributed by atoms with Gasteiger partial charge in [0, 0.05) is 17.3 Å². The lowest BCUT2D eigenvalue weighted by molar-refractivity contribution is 0.328. The van der Waals surface area contributed by atoms with Gasteiger partial charge in [0.1, 0.15) is 6.61 Å². The maximum absolute atomic E-state index is 5.88. The van der Waals surface area contributed by atoms with Crippen molar-refractivity contribution in [2.24, 2.45) is 0 Å². The van der Waals surface area contributed by atoms with E-state index in [4.69, 9.17) is 4.74 Å². The van der Waals surface area contributed by atoms with Crippen molar-refractivity contribution in [3.63, 3.8) is 0 Å². The summed E-state index contributed by atoms with van der Waals surface area (Å²) >= 11 is 0. The van der Waals surface area contributed by atoms with E-state index in [2.05, 4.69) is 53.8 Å². The first-order valence-electron chi connectivity index (χ1n) is 6.25. The number of rotatable bonds is 0. The predicted molar refractivity (Wildman–Crippen MR) is 75.4 cm³/mol. The Kier molecular flexibility index (Phi) is 1.97. The molecular formula is C16H13NO. The monoisotopic (exact) mass is 235 g/mol.